The molecular weight excluding hydrogens is 314 g/mol. The highest BCUT2D eigenvalue weighted by molar-refractivity contribution is 7.98. The van der Waals surface area contributed by atoms with Crippen molar-refractivity contribution in [2.75, 3.05) is 36.2 Å². The molecule has 7 heteroatoms. The van der Waals surface area contributed by atoms with Crippen LogP contribution in [0.25, 0.3) is 0 Å². The number of nitrogens with one attached hydrogen (secondary N) is 2. The average molecular weight is 337 g/mol. The number of hydrogen-bond donors (Lipinski definition) is 2. The van der Waals surface area contributed by atoms with Crippen molar-refractivity contribution in [2.45, 2.75) is 13.8 Å². The summed E-state index contributed by atoms with van der Waals surface area (Å²) in [6.07, 6.45) is 1.94. The Hall–Kier alpha value is -2.02. The van der Waals surface area contributed by atoms with Crippen LogP contribution in [0.4, 0.5) is 11.4 Å². The van der Waals surface area contributed by atoms with Crippen molar-refractivity contribution in [2.24, 2.45) is 5.92 Å². The Morgan fingerprint density at radius 2 is 1.83 bits per heavy atom. The van der Waals surface area contributed by atoms with E-state index in [4.69, 9.17) is 0 Å². The summed E-state index contributed by atoms with van der Waals surface area (Å²) in [4.78, 5) is 36.6. The van der Waals surface area contributed by atoms with E-state index in [0.29, 0.717) is 11.4 Å². The molecule has 6 nitrogen and oxygen atoms in total. The highest BCUT2D eigenvalue weighted by Crippen LogP contribution is 2.15. The first-order valence-corrected chi connectivity index (χ1v) is 8.64. The van der Waals surface area contributed by atoms with E-state index >= 15 is 0 Å². The SMILES string of the molecule is CSC[C@@H](C)C(=O)N(C)CC(=O)Nc1cccc(NC(C)=O)c1. The van der Waals surface area contributed by atoms with Gasteiger partial charge in [-0.2, -0.15) is 11.8 Å². The van der Waals surface area contributed by atoms with Crippen LogP contribution in [0.3, 0.4) is 0 Å². The van der Waals surface area contributed by atoms with E-state index in [9.17, 15) is 14.4 Å². The van der Waals surface area contributed by atoms with Crippen LogP contribution in [0.5, 0.6) is 0 Å². The lowest BCUT2D eigenvalue weighted by Crippen LogP contribution is -2.38. The van der Waals surface area contributed by atoms with Crippen molar-refractivity contribution in [1.29, 1.82) is 0 Å². The molecule has 0 unspecified atom stereocenters. The minimum absolute atomic E-state index is 0.0120. The van der Waals surface area contributed by atoms with Gasteiger partial charge in [0.15, 0.2) is 0 Å². The summed E-state index contributed by atoms with van der Waals surface area (Å²) in [6.45, 7) is 3.26. The van der Waals surface area contributed by atoms with E-state index in [2.05, 4.69) is 10.6 Å². The smallest absolute Gasteiger partial charge is 0.243 e. The molecule has 1 aromatic rings. The first-order valence-electron chi connectivity index (χ1n) is 7.25. The van der Waals surface area contributed by atoms with Crippen molar-refractivity contribution in [1.82, 2.24) is 4.90 Å². The average Bonchev–Trinajstić information content (AvgIpc) is 2.46. The van der Waals surface area contributed by atoms with E-state index in [0.717, 1.165) is 5.75 Å². The van der Waals surface area contributed by atoms with Gasteiger partial charge in [-0.25, -0.2) is 0 Å². The molecule has 0 saturated heterocycles. The Morgan fingerprint density at radius 1 is 1.22 bits per heavy atom. The van der Waals surface area contributed by atoms with Crippen LogP contribution >= 0.6 is 11.8 Å². The van der Waals surface area contributed by atoms with E-state index in [-0.39, 0.29) is 30.2 Å². The normalized spacial score (nSPS) is 11.5. The van der Waals surface area contributed by atoms with E-state index in [1.807, 2.05) is 13.2 Å². The topological polar surface area (TPSA) is 78.5 Å². The number of thioether (sulfide) groups is 1. The predicted octanol–water partition coefficient (Wildman–Crippen LogP) is 2.04. The minimum Gasteiger partial charge on any atom is -0.336 e. The van der Waals surface area contributed by atoms with Crippen molar-refractivity contribution >= 4 is 40.9 Å². The van der Waals surface area contributed by atoms with E-state index in [1.54, 1.807) is 43.1 Å². The molecule has 0 aliphatic carbocycles. The molecule has 0 bridgehead atoms. The molecule has 0 aliphatic heterocycles. The second-order valence-electron chi connectivity index (χ2n) is 5.36. The summed E-state index contributed by atoms with van der Waals surface area (Å²) in [6, 6.07) is 6.85. The first kappa shape index (κ1) is 19.0. The summed E-state index contributed by atoms with van der Waals surface area (Å²) in [5, 5.41) is 5.37. The van der Waals surface area contributed by atoms with Crippen molar-refractivity contribution in [3.63, 3.8) is 0 Å². The third-order valence-electron chi connectivity index (χ3n) is 3.06. The maximum Gasteiger partial charge on any atom is 0.243 e. The molecule has 0 aromatic heterocycles. The lowest BCUT2D eigenvalue weighted by Gasteiger charge is -2.20. The molecule has 1 atom stereocenters. The fraction of sp³-hybridized carbons (Fsp3) is 0.438. The van der Waals surface area contributed by atoms with Crippen LogP contribution in [-0.2, 0) is 14.4 Å². The Bertz CT molecular complexity index is 577. The summed E-state index contributed by atoms with van der Waals surface area (Å²) in [5.41, 5.74) is 1.17. The fourth-order valence-electron chi connectivity index (χ4n) is 2.07. The van der Waals surface area contributed by atoms with Crippen molar-refractivity contribution in [3.8, 4) is 0 Å². The molecule has 2 N–H and O–H groups in total. The maximum absolute atomic E-state index is 12.1. The van der Waals surface area contributed by atoms with E-state index in [1.165, 1.54) is 11.8 Å². The van der Waals surface area contributed by atoms with Gasteiger partial charge in [0.1, 0.15) is 0 Å². The van der Waals surface area contributed by atoms with Crippen molar-refractivity contribution < 1.29 is 14.4 Å². The largest absolute Gasteiger partial charge is 0.336 e. The highest BCUT2D eigenvalue weighted by atomic mass is 32.2. The van der Waals surface area contributed by atoms with E-state index < -0.39 is 0 Å². The number of carbonyl (C=O) groups is 3. The Balaban J connectivity index is 2.59. The summed E-state index contributed by atoms with van der Waals surface area (Å²) in [5.74, 6) is 0.0926. The van der Waals surface area contributed by atoms with Gasteiger partial charge < -0.3 is 15.5 Å². The lowest BCUT2D eigenvalue weighted by atomic mass is 10.2. The summed E-state index contributed by atoms with van der Waals surface area (Å²) < 4.78 is 0. The quantitative estimate of drug-likeness (QED) is 0.798. The van der Waals surface area contributed by atoms with Gasteiger partial charge >= 0.3 is 0 Å². The zero-order valence-corrected chi connectivity index (χ0v) is 14.7. The van der Waals surface area contributed by atoms with Gasteiger partial charge in [-0.3, -0.25) is 14.4 Å². The maximum atomic E-state index is 12.1. The summed E-state index contributed by atoms with van der Waals surface area (Å²) in [7, 11) is 1.62. The van der Waals surface area contributed by atoms with Gasteiger partial charge in [0, 0.05) is 37.0 Å². The third-order valence-corrected chi connectivity index (χ3v) is 3.90. The molecule has 0 spiro atoms. The minimum atomic E-state index is -0.280. The number of nitrogens with zero attached hydrogens (tertiary/aromatic N) is 1. The summed E-state index contributed by atoms with van der Waals surface area (Å²) >= 11 is 1.60. The number of rotatable bonds is 7. The number of benzene rings is 1. The van der Waals surface area contributed by atoms with Gasteiger partial charge in [0.25, 0.3) is 0 Å². The third kappa shape index (κ3) is 6.73. The predicted molar refractivity (Wildman–Crippen MR) is 94.6 cm³/mol. The molecule has 3 amide bonds. The lowest BCUT2D eigenvalue weighted by molar-refractivity contribution is -0.135. The molecule has 23 heavy (non-hydrogen) atoms. The number of amides is 3. The fourth-order valence-corrected chi connectivity index (χ4v) is 2.71. The van der Waals surface area contributed by atoms with Crippen LogP contribution in [0.15, 0.2) is 24.3 Å². The second kappa shape index (κ2) is 9.19. The van der Waals surface area contributed by atoms with Gasteiger partial charge in [-0.15, -0.1) is 0 Å². The number of carbonyl (C=O) groups excluding carboxylic acids is 3. The standard InChI is InChI=1S/C16H23N3O3S/c1-11(10-23-4)16(22)19(3)9-15(21)18-14-7-5-6-13(8-14)17-12(2)20/h5-8,11H,9-10H2,1-4H3,(H,17,20)(H,18,21)/t11-/m1/s1. The molecule has 0 aliphatic rings. The zero-order valence-electron chi connectivity index (χ0n) is 13.9. The Morgan fingerprint density at radius 3 is 2.39 bits per heavy atom. The monoisotopic (exact) mass is 337 g/mol. The molecule has 1 aromatic carbocycles. The first-order chi connectivity index (χ1) is 10.8. The molecular formula is C16H23N3O3S. The van der Waals surface area contributed by atoms with Gasteiger partial charge in [-0.05, 0) is 24.5 Å². The van der Waals surface area contributed by atoms with Crippen LogP contribution in [0.2, 0.25) is 0 Å². The van der Waals surface area contributed by atoms with Gasteiger partial charge in [0.05, 0.1) is 6.54 Å². The van der Waals surface area contributed by atoms with Crippen molar-refractivity contribution in [3.05, 3.63) is 24.3 Å². The number of anilines is 2. The highest BCUT2D eigenvalue weighted by Gasteiger charge is 2.19. The Kier molecular flexibility index (Phi) is 7.61. The molecule has 0 radical (unpaired) electrons. The molecule has 126 valence electrons. The van der Waals surface area contributed by atoms with Crippen LogP contribution in [0.1, 0.15) is 13.8 Å². The molecule has 0 fully saturated rings. The Labute approximate surface area is 141 Å². The van der Waals surface area contributed by atoms with Gasteiger partial charge in [0.2, 0.25) is 17.7 Å². The van der Waals surface area contributed by atoms with Crippen LogP contribution < -0.4 is 10.6 Å². The molecule has 0 heterocycles. The second-order valence-corrected chi connectivity index (χ2v) is 6.27. The van der Waals surface area contributed by atoms with Gasteiger partial charge in [-0.1, -0.05) is 13.0 Å². The van der Waals surface area contributed by atoms with Crippen LogP contribution in [0, 0.1) is 5.92 Å². The molecule has 0 saturated carbocycles. The molecule has 1 rings (SSSR count). The number of hydrogen-bond acceptors (Lipinski definition) is 4. The zero-order chi connectivity index (χ0) is 17.4. The number of likely N-dealkylation sites (N-methyl/N-ethyl adjacent to an activating group) is 1. The van der Waals surface area contributed by atoms with Crippen LogP contribution in [-0.4, -0.2) is 48.2 Å².